The Balaban J connectivity index is 1.40. The van der Waals surface area contributed by atoms with Crippen LogP contribution in [0.1, 0.15) is 18.9 Å². The highest BCUT2D eigenvalue weighted by atomic mass is 35.5. The average molecular weight is 400 g/mol. The van der Waals surface area contributed by atoms with Crippen molar-refractivity contribution in [2.75, 3.05) is 38.2 Å². The van der Waals surface area contributed by atoms with E-state index in [9.17, 15) is 0 Å². The SMILES string of the molecule is COc1ccc(-c2nnc([C@H](C)[NH+]3CCN(c4cccc(Cl)c4)CC3)o2)cc1. The zero-order valence-corrected chi connectivity index (χ0v) is 16.8. The van der Waals surface area contributed by atoms with Crippen molar-refractivity contribution in [3.05, 3.63) is 59.4 Å². The van der Waals surface area contributed by atoms with Crippen LogP contribution in [0.3, 0.4) is 0 Å². The Hall–Kier alpha value is -2.57. The Bertz CT molecular complexity index is 920. The molecule has 0 saturated carbocycles. The molecule has 1 aliphatic rings. The van der Waals surface area contributed by atoms with Gasteiger partial charge in [0.25, 0.3) is 5.89 Å². The van der Waals surface area contributed by atoms with E-state index in [1.165, 1.54) is 10.6 Å². The number of quaternary nitrogens is 1. The van der Waals surface area contributed by atoms with Gasteiger partial charge >= 0.3 is 0 Å². The second-order valence-electron chi connectivity index (χ2n) is 7.02. The monoisotopic (exact) mass is 399 g/mol. The van der Waals surface area contributed by atoms with Gasteiger partial charge in [0, 0.05) is 16.3 Å². The Kier molecular flexibility index (Phi) is 5.50. The van der Waals surface area contributed by atoms with Crippen LogP contribution in [0.15, 0.2) is 52.9 Å². The molecule has 1 fully saturated rings. The quantitative estimate of drug-likeness (QED) is 0.715. The largest absolute Gasteiger partial charge is 0.497 e. The first-order valence-corrected chi connectivity index (χ1v) is 9.85. The molecule has 1 atom stereocenters. The van der Waals surface area contributed by atoms with Crippen molar-refractivity contribution in [2.24, 2.45) is 0 Å². The fourth-order valence-electron chi connectivity index (χ4n) is 3.59. The molecule has 146 valence electrons. The molecule has 2 aromatic carbocycles. The average Bonchev–Trinajstić information content (AvgIpc) is 3.24. The smallest absolute Gasteiger partial charge is 0.274 e. The van der Waals surface area contributed by atoms with Crippen LogP contribution >= 0.6 is 11.6 Å². The molecule has 28 heavy (non-hydrogen) atoms. The fourth-order valence-corrected chi connectivity index (χ4v) is 3.78. The number of ether oxygens (including phenoxy) is 1. The normalized spacial score (nSPS) is 16.2. The third kappa shape index (κ3) is 3.98. The standard InChI is InChI=1S/C21H23ClN4O2/c1-15(20-23-24-21(28-20)16-6-8-19(27-2)9-7-16)25-10-12-26(13-11-25)18-5-3-4-17(22)14-18/h3-9,14-15H,10-13H2,1-2H3/p+1/t15-/m0/s1. The van der Waals surface area contributed by atoms with Crippen LogP contribution in [0.5, 0.6) is 5.75 Å². The second-order valence-corrected chi connectivity index (χ2v) is 7.46. The number of nitrogens with zero attached hydrogens (tertiary/aromatic N) is 3. The van der Waals surface area contributed by atoms with Gasteiger partial charge < -0.3 is 19.0 Å². The molecule has 0 spiro atoms. The van der Waals surface area contributed by atoms with Crippen molar-refractivity contribution in [3.63, 3.8) is 0 Å². The molecule has 0 unspecified atom stereocenters. The molecule has 7 heteroatoms. The summed E-state index contributed by atoms with van der Waals surface area (Å²) in [5, 5.41) is 9.31. The highest BCUT2D eigenvalue weighted by Crippen LogP contribution is 2.23. The van der Waals surface area contributed by atoms with Gasteiger partial charge in [0.1, 0.15) is 5.75 Å². The zero-order chi connectivity index (χ0) is 19.5. The summed E-state index contributed by atoms with van der Waals surface area (Å²) in [5.41, 5.74) is 2.08. The summed E-state index contributed by atoms with van der Waals surface area (Å²) in [5.74, 6) is 2.03. The van der Waals surface area contributed by atoms with Crippen LogP contribution in [-0.4, -0.2) is 43.5 Å². The van der Waals surface area contributed by atoms with Crippen molar-refractivity contribution in [3.8, 4) is 17.2 Å². The van der Waals surface area contributed by atoms with Crippen molar-refractivity contribution in [2.45, 2.75) is 13.0 Å². The summed E-state index contributed by atoms with van der Waals surface area (Å²) >= 11 is 6.13. The van der Waals surface area contributed by atoms with E-state index < -0.39 is 0 Å². The lowest BCUT2D eigenvalue weighted by Crippen LogP contribution is -3.14. The minimum Gasteiger partial charge on any atom is -0.497 e. The van der Waals surface area contributed by atoms with E-state index >= 15 is 0 Å². The molecular formula is C21H24ClN4O2+. The van der Waals surface area contributed by atoms with Crippen LogP contribution in [-0.2, 0) is 0 Å². The minimum absolute atomic E-state index is 0.154. The molecule has 1 saturated heterocycles. The number of anilines is 1. The van der Waals surface area contributed by atoms with Gasteiger partial charge in [0.05, 0.1) is 33.3 Å². The van der Waals surface area contributed by atoms with Crippen molar-refractivity contribution >= 4 is 17.3 Å². The number of piperazine rings is 1. The van der Waals surface area contributed by atoms with Gasteiger partial charge in [-0.15, -0.1) is 10.2 Å². The van der Waals surface area contributed by atoms with Gasteiger partial charge in [-0.05, 0) is 49.4 Å². The van der Waals surface area contributed by atoms with Gasteiger partial charge in [0.2, 0.25) is 5.89 Å². The van der Waals surface area contributed by atoms with Crippen molar-refractivity contribution in [1.82, 2.24) is 10.2 Å². The number of hydrogen-bond donors (Lipinski definition) is 1. The fraction of sp³-hybridized carbons (Fsp3) is 0.333. The Morgan fingerprint density at radius 2 is 1.86 bits per heavy atom. The van der Waals surface area contributed by atoms with Crippen molar-refractivity contribution in [1.29, 1.82) is 0 Å². The number of methoxy groups -OCH3 is 1. The highest BCUT2D eigenvalue weighted by molar-refractivity contribution is 6.30. The molecule has 1 aromatic heterocycles. The van der Waals surface area contributed by atoms with Crippen LogP contribution < -0.4 is 14.5 Å². The molecule has 0 aliphatic carbocycles. The third-order valence-corrected chi connectivity index (χ3v) is 5.57. The third-order valence-electron chi connectivity index (χ3n) is 5.34. The maximum Gasteiger partial charge on any atom is 0.274 e. The predicted molar refractivity (Wildman–Crippen MR) is 109 cm³/mol. The maximum absolute atomic E-state index is 6.13. The number of aromatic nitrogens is 2. The molecule has 0 amide bonds. The molecule has 1 aliphatic heterocycles. The number of rotatable bonds is 5. The Labute approximate surface area is 169 Å². The summed E-state index contributed by atoms with van der Waals surface area (Å²) in [4.78, 5) is 3.82. The summed E-state index contributed by atoms with van der Waals surface area (Å²) in [6.07, 6.45) is 0. The van der Waals surface area contributed by atoms with E-state index in [0.717, 1.165) is 42.5 Å². The van der Waals surface area contributed by atoms with Gasteiger partial charge in [-0.1, -0.05) is 17.7 Å². The maximum atomic E-state index is 6.13. The first-order valence-electron chi connectivity index (χ1n) is 9.47. The van der Waals surface area contributed by atoms with Gasteiger partial charge in [0.15, 0.2) is 6.04 Å². The second kappa shape index (κ2) is 8.20. The van der Waals surface area contributed by atoms with E-state index in [4.69, 9.17) is 20.8 Å². The molecule has 4 rings (SSSR count). The highest BCUT2D eigenvalue weighted by Gasteiger charge is 2.29. The Morgan fingerprint density at radius 3 is 2.54 bits per heavy atom. The molecule has 2 heterocycles. The first-order chi connectivity index (χ1) is 13.6. The topological polar surface area (TPSA) is 55.8 Å². The van der Waals surface area contributed by atoms with E-state index in [1.807, 2.05) is 42.5 Å². The van der Waals surface area contributed by atoms with Crippen LogP contribution in [0.25, 0.3) is 11.5 Å². The van der Waals surface area contributed by atoms with E-state index in [0.29, 0.717) is 11.8 Å². The van der Waals surface area contributed by atoms with E-state index in [-0.39, 0.29) is 6.04 Å². The molecule has 1 N–H and O–H groups in total. The molecule has 0 bridgehead atoms. The Morgan fingerprint density at radius 1 is 1.11 bits per heavy atom. The van der Waals surface area contributed by atoms with Crippen LogP contribution in [0.2, 0.25) is 5.02 Å². The molecule has 0 radical (unpaired) electrons. The molecule has 6 nitrogen and oxygen atoms in total. The van der Waals surface area contributed by atoms with E-state index in [2.05, 4.69) is 28.1 Å². The minimum atomic E-state index is 0.154. The van der Waals surface area contributed by atoms with E-state index in [1.54, 1.807) is 7.11 Å². The number of hydrogen-bond acceptors (Lipinski definition) is 5. The molecule has 3 aromatic rings. The van der Waals surface area contributed by atoms with Gasteiger partial charge in [-0.2, -0.15) is 0 Å². The van der Waals surface area contributed by atoms with Crippen molar-refractivity contribution < 1.29 is 14.1 Å². The lowest BCUT2D eigenvalue weighted by atomic mass is 10.2. The first kappa shape index (κ1) is 18.8. The number of nitrogens with one attached hydrogen (secondary N) is 1. The summed E-state index contributed by atoms with van der Waals surface area (Å²) in [7, 11) is 1.65. The predicted octanol–water partition coefficient (Wildman–Crippen LogP) is 2.86. The van der Waals surface area contributed by atoms with Crippen LogP contribution in [0.4, 0.5) is 5.69 Å². The summed E-state index contributed by atoms with van der Waals surface area (Å²) in [6, 6.07) is 15.8. The lowest BCUT2D eigenvalue weighted by molar-refractivity contribution is -0.931. The number of halogens is 1. The van der Waals surface area contributed by atoms with Gasteiger partial charge in [-0.3, -0.25) is 0 Å². The summed E-state index contributed by atoms with van der Waals surface area (Å²) in [6.45, 7) is 6.11. The number of benzene rings is 2. The zero-order valence-electron chi connectivity index (χ0n) is 16.1. The summed E-state index contributed by atoms with van der Waals surface area (Å²) < 4.78 is 11.2. The van der Waals surface area contributed by atoms with Gasteiger partial charge in [-0.25, -0.2) is 0 Å². The lowest BCUT2D eigenvalue weighted by Gasteiger charge is -2.35. The van der Waals surface area contributed by atoms with Crippen LogP contribution in [0, 0.1) is 0 Å². The molecular weight excluding hydrogens is 376 g/mol.